The number of rotatable bonds is 4. The fraction of sp³-hybridized carbons (Fsp3) is 0.647. The molecular formula is C17H25N3. The number of nitrogens with one attached hydrogen (secondary N) is 1. The summed E-state index contributed by atoms with van der Waals surface area (Å²) in [5.41, 5.74) is 2.68. The maximum atomic E-state index is 3.71. The first kappa shape index (κ1) is 12.5. The quantitative estimate of drug-likeness (QED) is 0.908. The van der Waals surface area contributed by atoms with Crippen LogP contribution in [0.4, 0.5) is 11.4 Å². The molecule has 2 aliphatic heterocycles. The summed E-state index contributed by atoms with van der Waals surface area (Å²) in [5.74, 6) is 0. The SMILES string of the molecule is c1cc(N2CCCC2)ccc1NC1CCN(C2CC2)C1. The predicted molar refractivity (Wildman–Crippen MR) is 84.5 cm³/mol. The molecule has 1 saturated carbocycles. The Labute approximate surface area is 121 Å². The van der Waals surface area contributed by atoms with E-state index in [9.17, 15) is 0 Å². The lowest BCUT2D eigenvalue weighted by molar-refractivity contribution is 0.326. The molecule has 20 heavy (non-hydrogen) atoms. The van der Waals surface area contributed by atoms with Crippen LogP contribution in [0.5, 0.6) is 0 Å². The Morgan fingerprint density at radius 2 is 1.65 bits per heavy atom. The summed E-state index contributed by atoms with van der Waals surface area (Å²) < 4.78 is 0. The predicted octanol–water partition coefficient (Wildman–Crippen LogP) is 2.94. The van der Waals surface area contributed by atoms with Crippen molar-refractivity contribution in [2.24, 2.45) is 0 Å². The van der Waals surface area contributed by atoms with Crippen LogP contribution in [-0.2, 0) is 0 Å². The van der Waals surface area contributed by atoms with Crippen molar-refractivity contribution in [2.45, 2.75) is 44.2 Å². The molecule has 0 radical (unpaired) electrons. The van der Waals surface area contributed by atoms with Gasteiger partial charge in [-0.05, 0) is 56.4 Å². The Balaban J connectivity index is 1.34. The first-order valence-corrected chi connectivity index (χ1v) is 8.24. The normalized spacial score (nSPS) is 27.2. The van der Waals surface area contributed by atoms with Gasteiger partial charge in [0.25, 0.3) is 0 Å². The number of hydrogen-bond donors (Lipinski definition) is 1. The monoisotopic (exact) mass is 271 g/mol. The largest absolute Gasteiger partial charge is 0.381 e. The third kappa shape index (κ3) is 2.64. The molecule has 1 aromatic rings. The minimum absolute atomic E-state index is 0.647. The summed E-state index contributed by atoms with van der Waals surface area (Å²) in [7, 11) is 0. The maximum absolute atomic E-state index is 3.71. The summed E-state index contributed by atoms with van der Waals surface area (Å²) in [6, 6.07) is 10.6. The van der Waals surface area contributed by atoms with Crippen LogP contribution in [0.15, 0.2) is 24.3 Å². The number of hydrogen-bond acceptors (Lipinski definition) is 3. The van der Waals surface area contributed by atoms with E-state index in [1.54, 1.807) is 0 Å². The van der Waals surface area contributed by atoms with Crippen molar-refractivity contribution in [3.63, 3.8) is 0 Å². The Morgan fingerprint density at radius 1 is 0.900 bits per heavy atom. The number of anilines is 2. The molecular weight excluding hydrogens is 246 g/mol. The second-order valence-corrected chi connectivity index (χ2v) is 6.60. The highest BCUT2D eigenvalue weighted by molar-refractivity contribution is 5.55. The van der Waals surface area contributed by atoms with Gasteiger partial charge in [0.2, 0.25) is 0 Å². The van der Waals surface area contributed by atoms with Crippen LogP contribution < -0.4 is 10.2 Å². The van der Waals surface area contributed by atoms with Gasteiger partial charge in [0, 0.05) is 49.6 Å². The lowest BCUT2D eigenvalue weighted by Crippen LogP contribution is -2.27. The molecule has 2 heterocycles. The second-order valence-electron chi connectivity index (χ2n) is 6.60. The molecule has 108 valence electrons. The van der Waals surface area contributed by atoms with Gasteiger partial charge in [-0.15, -0.1) is 0 Å². The van der Waals surface area contributed by atoms with Crippen LogP contribution in [0.1, 0.15) is 32.1 Å². The van der Waals surface area contributed by atoms with Gasteiger partial charge in [0.15, 0.2) is 0 Å². The number of likely N-dealkylation sites (tertiary alicyclic amines) is 1. The van der Waals surface area contributed by atoms with E-state index < -0.39 is 0 Å². The van der Waals surface area contributed by atoms with Gasteiger partial charge in [-0.3, -0.25) is 4.90 Å². The molecule has 3 fully saturated rings. The van der Waals surface area contributed by atoms with Crippen molar-refractivity contribution in [2.75, 3.05) is 36.4 Å². The average Bonchev–Trinajstić information content (AvgIpc) is 3.00. The minimum Gasteiger partial charge on any atom is -0.381 e. The van der Waals surface area contributed by atoms with Gasteiger partial charge in [-0.2, -0.15) is 0 Å². The molecule has 1 unspecified atom stereocenters. The molecule has 0 bridgehead atoms. The molecule has 0 amide bonds. The number of nitrogens with zero attached hydrogens (tertiary/aromatic N) is 2. The Hall–Kier alpha value is -1.22. The van der Waals surface area contributed by atoms with Crippen LogP contribution in [-0.4, -0.2) is 43.2 Å². The van der Waals surface area contributed by atoms with Crippen LogP contribution in [0, 0.1) is 0 Å². The third-order valence-electron chi connectivity index (χ3n) is 4.99. The summed E-state index contributed by atoms with van der Waals surface area (Å²) >= 11 is 0. The summed E-state index contributed by atoms with van der Waals surface area (Å²) in [4.78, 5) is 5.16. The van der Waals surface area contributed by atoms with E-state index in [2.05, 4.69) is 39.4 Å². The van der Waals surface area contributed by atoms with E-state index in [0.29, 0.717) is 6.04 Å². The number of benzene rings is 1. The zero-order valence-electron chi connectivity index (χ0n) is 12.2. The Kier molecular flexibility index (Phi) is 3.31. The van der Waals surface area contributed by atoms with E-state index in [4.69, 9.17) is 0 Å². The van der Waals surface area contributed by atoms with Gasteiger partial charge >= 0.3 is 0 Å². The van der Waals surface area contributed by atoms with Crippen molar-refractivity contribution in [1.82, 2.24) is 4.90 Å². The van der Waals surface area contributed by atoms with E-state index >= 15 is 0 Å². The summed E-state index contributed by atoms with van der Waals surface area (Å²) in [6.07, 6.45) is 6.84. The molecule has 0 aromatic heterocycles. The standard InChI is InChI=1S/C17H25N3/c1-2-11-19(10-1)16-5-3-14(4-6-16)18-15-9-12-20(13-15)17-7-8-17/h3-6,15,17-18H,1-2,7-13H2. The highest BCUT2D eigenvalue weighted by Gasteiger charge is 2.34. The van der Waals surface area contributed by atoms with Crippen LogP contribution >= 0.6 is 0 Å². The summed E-state index contributed by atoms with van der Waals surface area (Å²) in [5, 5.41) is 3.71. The first-order valence-electron chi connectivity index (χ1n) is 8.24. The highest BCUT2D eigenvalue weighted by atomic mass is 15.2. The Morgan fingerprint density at radius 3 is 2.35 bits per heavy atom. The molecule has 1 aromatic carbocycles. The summed E-state index contributed by atoms with van der Waals surface area (Å²) in [6.45, 7) is 4.98. The van der Waals surface area contributed by atoms with Crippen molar-refractivity contribution < 1.29 is 0 Å². The van der Waals surface area contributed by atoms with Crippen LogP contribution in [0.2, 0.25) is 0 Å². The highest BCUT2D eigenvalue weighted by Crippen LogP contribution is 2.31. The minimum atomic E-state index is 0.647. The van der Waals surface area contributed by atoms with Crippen molar-refractivity contribution in [3.8, 4) is 0 Å². The molecule has 3 aliphatic rings. The zero-order chi connectivity index (χ0) is 13.4. The molecule has 4 rings (SSSR count). The second kappa shape index (κ2) is 5.28. The van der Waals surface area contributed by atoms with Gasteiger partial charge in [0.05, 0.1) is 0 Å². The van der Waals surface area contributed by atoms with Gasteiger partial charge in [0.1, 0.15) is 0 Å². The third-order valence-corrected chi connectivity index (χ3v) is 4.99. The molecule has 3 nitrogen and oxygen atoms in total. The molecule has 1 N–H and O–H groups in total. The van der Waals surface area contributed by atoms with Crippen molar-refractivity contribution in [3.05, 3.63) is 24.3 Å². The lowest BCUT2D eigenvalue weighted by Gasteiger charge is -2.19. The first-order chi connectivity index (χ1) is 9.88. The molecule has 1 atom stereocenters. The fourth-order valence-electron chi connectivity index (χ4n) is 3.66. The molecule has 0 spiro atoms. The Bertz CT molecular complexity index is 446. The van der Waals surface area contributed by atoms with Gasteiger partial charge in [-0.25, -0.2) is 0 Å². The van der Waals surface area contributed by atoms with Crippen LogP contribution in [0.3, 0.4) is 0 Å². The smallest absolute Gasteiger partial charge is 0.0400 e. The van der Waals surface area contributed by atoms with Crippen LogP contribution in [0.25, 0.3) is 0 Å². The van der Waals surface area contributed by atoms with Gasteiger partial charge in [-0.1, -0.05) is 0 Å². The molecule has 3 heteroatoms. The fourth-order valence-corrected chi connectivity index (χ4v) is 3.66. The molecule has 1 aliphatic carbocycles. The zero-order valence-corrected chi connectivity index (χ0v) is 12.2. The lowest BCUT2D eigenvalue weighted by atomic mass is 10.2. The van der Waals surface area contributed by atoms with E-state index in [0.717, 1.165) is 6.04 Å². The maximum Gasteiger partial charge on any atom is 0.0400 e. The average molecular weight is 271 g/mol. The van der Waals surface area contributed by atoms with Crippen molar-refractivity contribution in [1.29, 1.82) is 0 Å². The van der Waals surface area contributed by atoms with Gasteiger partial charge < -0.3 is 10.2 Å². The topological polar surface area (TPSA) is 18.5 Å². The van der Waals surface area contributed by atoms with E-state index in [1.165, 1.54) is 69.7 Å². The molecule has 2 saturated heterocycles. The van der Waals surface area contributed by atoms with Crippen molar-refractivity contribution >= 4 is 11.4 Å². The van der Waals surface area contributed by atoms with E-state index in [-0.39, 0.29) is 0 Å². The van der Waals surface area contributed by atoms with E-state index in [1.807, 2.05) is 0 Å².